The van der Waals surface area contributed by atoms with Crippen LogP contribution >= 0.6 is 58.5 Å². The van der Waals surface area contributed by atoms with Gasteiger partial charge in [0.2, 0.25) is 9.05 Å². The largest absolute Gasteiger partial charge is 0.491 e. The van der Waals surface area contributed by atoms with Crippen molar-refractivity contribution in [2.75, 3.05) is 12.4 Å². The van der Waals surface area contributed by atoms with Gasteiger partial charge in [0.05, 0.1) is 21.3 Å². The lowest BCUT2D eigenvalue weighted by molar-refractivity contribution is 0.169. The fourth-order valence-electron chi connectivity index (χ4n) is 2.71. The van der Waals surface area contributed by atoms with Crippen molar-refractivity contribution in [1.29, 1.82) is 0 Å². The van der Waals surface area contributed by atoms with Gasteiger partial charge in [-0.25, -0.2) is 8.42 Å². The molecule has 0 radical (unpaired) electrons. The van der Waals surface area contributed by atoms with Crippen LogP contribution < -0.4 is 4.74 Å². The molecule has 1 aliphatic carbocycles. The first-order valence-corrected chi connectivity index (χ1v) is 11.3. The summed E-state index contributed by atoms with van der Waals surface area (Å²) in [7, 11) is 1.92. The molecule has 0 amide bonds. The van der Waals surface area contributed by atoms with Crippen LogP contribution in [0.2, 0.25) is 0 Å². The topological polar surface area (TPSA) is 43.4 Å². The molecular formula is C13H14Br3ClO3S. The van der Waals surface area contributed by atoms with Crippen LogP contribution in [0.1, 0.15) is 25.7 Å². The lowest BCUT2D eigenvalue weighted by atomic mass is 9.90. The van der Waals surface area contributed by atoms with E-state index in [0.29, 0.717) is 12.4 Å². The van der Waals surface area contributed by atoms with Crippen LogP contribution in [0.5, 0.6) is 5.75 Å². The van der Waals surface area contributed by atoms with Crippen molar-refractivity contribution in [2.45, 2.75) is 25.7 Å². The molecule has 3 nitrogen and oxygen atoms in total. The highest BCUT2D eigenvalue weighted by atomic mass is 79.9. The third kappa shape index (κ3) is 5.09. The second-order valence-corrected chi connectivity index (χ2v) is 10.8. The van der Waals surface area contributed by atoms with E-state index in [1.165, 1.54) is 0 Å². The lowest BCUT2D eigenvalue weighted by Crippen LogP contribution is -2.32. The number of hydrogen-bond acceptors (Lipinski definition) is 3. The van der Waals surface area contributed by atoms with Gasteiger partial charge in [0.1, 0.15) is 5.75 Å². The van der Waals surface area contributed by atoms with Gasteiger partial charge in [-0.15, -0.1) is 0 Å². The summed E-state index contributed by atoms with van der Waals surface area (Å²) in [6, 6.07) is 3.78. The Hall–Kier alpha value is 0.700. The van der Waals surface area contributed by atoms with Crippen molar-refractivity contribution in [2.24, 2.45) is 5.41 Å². The van der Waals surface area contributed by atoms with Crippen LogP contribution in [0.15, 0.2) is 25.6 Å². The molecule has 0 saturated heterocycles. The van der Waals surface area contributed by atoms with E-state index < -0.39 is 9.05 Å². The predicted molar refractivity (Wildman–Crippen MR) is 95.6 cm³/mol. The van der Waals surface area contributed by atoms with Crippen LogP contribution in [0.4, 0.5) is 0 Å². The Bertz CT molecular complexity index is 605. The van der Waals surface area contributed by atoms with Crippen molar-refractivity contribution >= 4 is 67.5 Å². The van der Waals surface area contributed by atoms with Crippen molar-refractivity contribution in [3.8, 4) is 5.75 Å². The van der Waals surface area contributed by atoms with E-state index in [1.807, 2.05) is 12.1 Å². The quantitative estimate of drug-likeness (QED) is 0.479. The molecule has 0 heterocycles. The number of rotatable bonds is 5. The van der Waals surface area contributed by atoms with Crippen LogP contribution in [0, 0.1) is 5.41 Å². The number of halogens is 4. The Kier molecular flexibility index (Phi) is 6.08. The summed E-state index contributed by atoms with van der Waals surface area (Å²) in [4.78, 5) is 0. The Morgan fingerprint density at radius 1 is 1.14 bits per heavy atom. The predicted octanol–water partition coefficient (Wildman–Crippen LogP) is 5.48. The first-order chi connectivity index (χ1) is 9.71. The van der Waals surface area contributed by atoms with E-state index >= 15 is 0 Å². The Balaban J connectivity index is 2.17. The molecule has 1 aromatic rings. The molecule has 1 aromatic carbocycles. The van der Waals surface area contributed by atoms with Crippen LogP contribution in [0.25, 0.3) is 0 Å². The third-order valence-corrected chi connectivity index (χ3v) is 6.55. The fourth-order valence-corrected chi connectivity index (χ4v) is 7.00. The van der Waals surface area contributed by atoms with Crippen LogP contribution in [0.3, 0.4) is 0 Å². The summed E-state index contributed by atoms with van der Waals surface area (Å²) in [5.41, 5.74) is -0.382. The Labute approximate surface area is 154 Å². The molecule has 21 heavy (non-hydrogen) atoms. The molecule has 0 spiro atoms. The summed E-state index contributed by atoms with van der Waals surface area (Å²) in [5.74, 6) is 0.643. The second kappa shape index (κ2) is 7.07. The van der Waals surface area contributed by atoms with Crippen molar-refractivity contribution in [3.63, 3.8) is 0 Å². The van der Waals surface area contributed by atoms with Crippen molar-refractivity contribution in [3.05, 3.63) is 25.6 Å². The first-order valence-electron chi connectivity index (χ1n) is 6.40. The summed E-state index contributed by atoms with van der Waals surface area (Å²) in [6.07, 6.45) is 3.67. The molecule has 1 saturated carbocycles. The van der Waals surface area contributed by atoms with Gasteiger partial charge in [0.25, 0.3) is 0 Å². The molecule has 1 aliphatic rings. The molecule has 0 atom stereocenters. The van der Waals surface area contributed by atoms with Gasteiger partial charge in [-0.1, -0.05) is 28.8 Å². The standard InChI is InChI=1S/C13H14Br3ClO3S/c14-9-5-10(15)12(11(16)6-9)20-7-13(3-1-2-4-13)8-21(17,18)19/h5-6H,1-4,7-8H2. The van der Waals surface area contributed by atoms with Crippen LogP contribution in [-0.4, -0.2) is 20.8 Å². The Morgan fingerprint density at radius 3 is 2.14 bits per heavy atom. The van der Waals surface area contributed by atoms with Gasteiger partial charge in [-0.2, -0.15) is 0 Å². The van der Waals surface area contributed by atoms with Crippen molar-refractivity contribution in [1.82, 2.24) is 0 Å². The van der Waals surface area contributed by atoms with E-state index in [4.69, 9.17) is 15.4 Å². The maximum Gasteiger partial charge on any atom is 0.233 e. The molecule has 2 rings (SSSR count). The summed E-state index contributed by atoms with van der Waals surface area (Å²) in [5, 5.41) is 0. The molecule has 118 valence electrons. The van der Waals surface area contributed by atoms with E-state index in [2.05, 4.69) is 47.8 Å². The average Bonchev–Trinajstić information content (AvgIpc) is 2.73. The van der Waals surface area contributed by atoms with E-state index in [9.17, 15) is 8.42 Å². The Morgan fingerprint density at radius 2 is 1.67 bits per heavy atom. The average molecular weight is 525 g/mol. The van der Waals surface area contributed by atoms with Gasteiger partial charge in [-0.05, 0) is 56.8 Å². The monoisotopic (exact) mass is 522 g/mol. The molecule has 0 unspecified atom stereocenters. The molecule has 0 N–H and O–H groups in total. The van der Waals surface area contributed by atoms with Crippen molar-refractivity contribution < 1.29 is 13.2 Å². The fraction of sp³-hybridized carbons (Fsp3) is 0.538. The number of hydrogen-bond donors (Lipinski definition) is 0. The van der Waals surface area contributed by atoms with Gasteiger partial charge in [0, 0.05) is 20.6 Å². The minimum Gasteiger partial charge on any atom is -0.491 e. The summed E-state index contributed by atoms with van der Waals surface area (Å²) < 4.78 is 31.4. The lowest BCUT2D eigenvalue weighted by Gasteiger charge is -2.28. The van der Waals surface area contributed by atoms with Gasteiger partial charge in [-0.3, -0.25) is 0 Å². The highest BCUT2D eigenvalue weighted by molar-refractivity contribution is 9.11. The second-order valence-electron chi connectivity index (χ2n) is 5.38. The van der Waals surface area contributed by atoms with E-state index in [0.717, 1.165) is 39.1 Å². The number of benzene rings is 1. The van der Waals surface area contributed by atoms with Crippen LogP contribution in [-0.2, 0) is 9.05 Å². The number of ether oxygens (including phenoxy) is 1. The summed E-state index contributed by atoms with van der Waals surface area (Å²) in [6.45, 7) is 0.345. The van der Waals surface area contributed by atoms with Gasteiger partial charge in [0.15, 0.2) is 0 Å². The van der Waals surface area contributed by atoms with E-state index in [-0.39, 0.29) is 11.2 Å². The maximum absolute atomic E-state index is 11.5. The SMILES string of the molecule is O=S(=O)(Cl)CC1(COc2c(Br)cc(Br)cc2Br)CCCC1. The van der Waals surface area contributed by atoms with Gasteiger partial charge < -0.3 is 4.74 Å². The van der Waals surface area contributed by atoms with Gasteiger partial charge >= 0.3 is 0 Å². The highest BCUT2D eigenvalue weighted by Gasteiger charge is 2.39. The molecule has 0 bridgehead atoms. The zero-order valence-electron chi connectivity index (χ0n) is 11.0. The molecule has 0 aliphatic heterocycles. The molecule has 1 fully saturated rings. The van der Waals surface area contributed by atoms with E-state index in [1.54, 1.807) is 0 Å². The first kappa shape index (κ1) is 18.0. The molecular weight excluding hydrogens is 511 g/mol. The highest BCUT2D eigenvalue weighted by Crippen LogP contribution is 2.42. The smallest absolute Gasteiger partial charge is 0.233 e. The molecule has 0 aromatic heterocycles. The molecule has 8 heteroatoms. The zero-order chi connectivity index (χ0) is 15.7. The zero-order valence-corrected chi connectivity index (χ0v) is 17.4. The minimum atomic E-state index is -3.54. The summed E-state index contributed by atoms with van der Waals surface area (Å²) >= 11 is 10.3. The normalized spacial score (nSPS) is 17.9. The third-order valence-electron chi connectivity index (χ3n) is 3.63. The maximum atomic E-state index is 11.5. The minimum absolute atomic E-state index is 0.0344.